The van der Waals surface area contributed by atoms with Crippen molar-refractivity contribution in [2.45, 2.75) is 37.3 Å². The van der Waals surface area contributed by atoms with Gasteiger partial charge in [0.15, 0.2) is 11.4 Å². The molecule has 1 amide bonds. The Hall–Kier alpha value is -3.46. The fourth-order valence-electron chi connectivity index (χ4n) is 6.47. The quantitative estimate of drug-likeness (QED) is 0.167. The molecule has 41 heavy (non-hydrogen) atoms. The maximum Gasteiger partial charge on any atom is 0.255 e. The van der Waals surface area contributed by atoms with E-state index >= 15 is 0 Å². The number of sulfonamides is 1. The predicted molar refractivity (Wildman–Crippen MR) is 150 cm³/mol. The first-order valence-electron chi connectivity index (χ1n) is 13.1. The van der Waals surface area contributed by atoms with Crippen molar-refractivity contribution in [1.29, 1.82) is 0 Å². The van der Waals surface area contributed by atoms with Crippen molar-refractivity contribution < 1.29 is 43.2 Å². The zero-order valence-electron chi connectivity index (χ0n) is 23.6. The number of fused-ring (bicyclic) bond motifs is 3. The number of aliphatic hydroxyl groups is 3. The van der Waals surface area contributed by atoms with E-state index in [-0.39, 0.29) is 42.7 Å². The molecule has 14 heteroatoms. The van der Waals surface area contributed by atoms with Crippen LogP contribution in [0.3, 0.4) is 0 Å². The molecule has 0 radical (unpaired) electrons. The van der Waals surface area contributed by atoms with Crippen molar-refractivity contribution in [3.05, 3.63) is 39.7 Å². The number of ketones is 2. The fraction of sp³-hybridized carbons (Fsp3) is 0.519. The van der Waals surface area contributed by atoms with Gasteiger partial charge in [0.1, 0.15) is 22.8 Å². The minimum Gasteiger partial charge on any atom is -0.508 e. The molecule has 3 aliphatic rings. The Morgan fingerprint density at radius 1 is 1.17 bits per heavy atom. The van der Waals surface area contributed by atoms with Gasteiger partial charge >= 0.3 is 0 Å². The fourth-order valence-corrected chi connectivity index (χ4v) is 6.99. The predicted octanol–water partition coefficient (Wildman–Crippen LogP) is -0.488. The number of primary amides is 1. The van der Waals surface area contributed by atoms with Crippen molar-refractivity contribution in [1.82, 2.24) is 9.62 Å². The van der Waals surface area contributed by atoms with Gasteiger partial charge in [-0.2, -0.15) is 0 Å². The number of carbonyl (C=O) groups excluding carboxylic acids is 3. The minimum absolute atomic E-state index is 0.00133. The summed E-state index contributed by atoms with van der Waals surface area (Å²) in [6.07, 6.45) is 1.79. The van der Waals surface area contributed by atoms with E-state index in [0.717, 1.165) is 6.26 Å². The third-order valence-electron chi connectivity index (χ3n) is 8.25. The van der Waals surface area contributed by atoms with Crippen molar-refractivity contribution in [2.24, 2.45) is 17.6 Å². The average molecular weight is 593 g/mol. The van der Waals surface area contributed by atoms with Crippen LogP contribution in [0.5, 0.6) is 5.75 Å². The average Bonchev–Trinajstić information content (AvgIpc) is 2.83. The van der Waals surface area contributed by atoms with Gasteiger partial charge in [0.05, 0.1) is 17.9 Å². The number of benzene rings is 1. The van der Waals surface area contributed by atoms with E-state index in [1.54, 1.807) is 39.2 Å². The lowest BCUT2D eigenvalue weighted by Gasteiger charge is -2.50. The number of nitrogens with two attached hydrogens (primary N) is 1. The van der Waals surface area contributed by atoms with Crippen molar-refractivity contribution >= 4 is 38.9 Å². The van der Waals surface area contributed by atoms with Crippen molar-refractivity contribution in [2.75, 3.05) is 45.9 Å². The van der Waals surface area contributed by atoms with E-state index in [0.29, 0.717) is 23.2 Å². The van der Waals surface area contributed by atoms with Crippen LogP contribution < -0.4 is 15.4 Å². The molecule has 1 aromatic carbocycles. The second-order valence-electron chi connectivity index (χ2n) is 11.4. The number of amides is 1. The Balaban J connectivity index is 1.88. The number of hydrogen-bond donors (Lipinski definition) is 6. The van der Waals surface area contributed by atoms with Gasteiger partial charge in [0.25, 0.3) is 5.91 Å². The van der Waals surface area contributed by atoms with E-state index in [9.17, 15) is 43.2 Å². The summed E-state index contributed by atoms with van der Waals surface area (Å²) in [5.74, 6) is -7.02. The number of nitrogens with one attached hydrogen (secondary N) is 1. The molecule has 0 bridgehead atoms. The van der Waals surface area contributed by atoms with Crippen LogP contribution >= 0.6 is 0 Å². The Kier molecular flexibility index (Phi) is 7.75. The number of hydrogen-bond acceptors (Lipinski definition) is 11. The highest BCUT2D eigenvalue weighted by Gasteiger charge is 2.64. The maximum absolute atomic E-state index is 14.0. The Morgan fingerprint density at radius 2 is 1.80 bits per heavy atom. The van der Waals surface area contributed by atoms with Gasteiger partial charge < -0.3 is 31.1 Å². The van der Waals surface area contributed by atoms with E-state index in [1.807, 2.05) is 0 Å². The lowest BCUT2D eigenvalue weighted by atomic mass is 9.57. The van der Waals surface area contributed by atoms with Gasteiger partial charge in [-0.05, 0) is 62.9 Å². The van der Waals surface area contributed by atoms with Gasteiger partial charge in [-0.3, -0.25) is 19.3 Å². The number of phenolic OH excluding ortho intramolecular Hbond substituents is 1. The summed E-state index contributed by atoms with van der Waals surface area (Å²) >= 11 is 0. The number of nitrogens with zero attached hydrogens (tertiary/aromatic N) is 2. The molecule has 7 N–H and O–H groups in total. The summed E-state index contributed by atoms with van der Waals surface area (Å²) in [4.78, 5) is 42.6. The van der Waals surface area contributed by atoms with E-state index in [2.05, 4.69) is 4.72 Å². The van der Waals surface area contributed by atoms with E-state index in [1.165, 1.54) is 4.90 Å². The number of aryl methyl sites for hydroxylation is 1. The molecular weight excluding hydrogens is 556 g/mol. The normalized spacial score (nSPS) is 26.2. The number of anilines is 1. The number of likely N-dealkylation sites (N-methyl/N-ethyl adjacent to an activating group) is 1. The standard InChI is InChI=1S/C27H36N4O9S/c1-30(2)16-11-12(7-6-8-29-41(5,39)40)21(32)18-14(16)9-13-10-15-20(31(3)4)23(34)19(26(28)37)25(36)27(15,38)24(35)17(13)22(18)33/h11,13,15,20,29,32-33,36,38H,6-10H2,1-5H3,(H2,28,37)/t13-,15-,20?,27-/m0/s1. The van der Waals surface area contributed by atoms with Gasteiger partial charge in [-0.25, -0.2) is 13.1 Å². The summed E-state index contributed by atoms with van der Waals surface area (Å²) < 4.78 is 25.2. The first-order valence-corrected chi connectivity index (χ1v) is 15.0. The minimum atomic E-state index is -3.40. The second-order valence-corrected chi connectivity index (χ2v) is 13.2. The summed E-state index contributed by atoms with van der Waals surface area (Å²) in [5.41, 5.74) is 3.17. The molecule has 0 saturated heterocycles. The van der Waals surface area contributed by atoms with Crippen molar-refractivity contribution in [3.8, 4) is 5.75 Å². The number of Topliss-reactive ketones (excluding diaryl/α,β-unsaturated/α-hetero) is 2. The highest BCUT2D eigenvalue weighted by atomic mass is 32.2. The molecular formula is C27H36N4O9S. The van der Waals surface area contributed by atoms with Crippen molar-refractivity contribution in [3.63, 3.8) is 0 Å². The number of phenols is 1. The molecule has 1 aromatic rings. The molecule has 224 valence electrons. The number of rotatable bonds is 8. The van der Waals surface area contributed by atoms with Crippen LogP contribution in [0.15, 0.2) is 23.0 Å². The van der Waals surface area contributed by atoms with Crippen LogP contribution in [-0.4, -0.2) is 104 Å². The third kappa shape index (κ3) is 4.88. The van der Waals surface area contributed by atoms with Gasteiger partial charge in [0.2, 0.25) is 15.8 Å². The molecule has 0 spiro atoms. The number of carbonyl (C=O) groups is 3. The molecule has 0 heterocycles. The third-order valence-corrected chi connectivity index (χ3v) is 8.97. The molecule has 0 aromatic heterocycles. The molecule has 1 unspecified atom stereocenters. The molecule has 13 nitrogen and oxygen atoms in total. The van der Waals surface area contributed by atoms with Crippen LogP contribution in [0, 0.1) is 11.8 Å². The molecule has 0 aliphatic heterocycles. The number of aliphatic hydroxyl groups excluding tert-OH is 2. The summed E-state index contributed by atoms with van der Waals surface area (Å²) in [6, 6.07) is 0.589. The highest BCUT2D eigenvalue weighted by molar-refractivity contribution is 7.88. The Bertz CT molecular complexity index is 1510. The largest absolute Gasteiger partial charge is 0.508 e. The zero-order valence-corrected chi connectivity index (χ0v) is 24.4. The van der Waals surface area contributed by atoms with Gasteiger partial charge in [0, 0.05) is 37.8 Å². The van der Waals surface area contributed by atoms with E-state index in [4.69, 9.17) is 5.73 Å². The zero-order chi connectivity index (χ0) is 30.8. The lowest BCUT2D eigenvalue weighted by molar-refractivity contribution is -0.153. The first kappa shape index (κ1) is 30.5. The van der Waals surface area contributed by atoms with Crippen LogP contribution in [-0.2, 0) is 37.2 Å². The topological polar surface area (TPSA) is 211 Å². The SMILES string of the molecule is CN(C)c1cc(CCCNS(C)(=O)=O)c(O)c2c1C[C@H]1C[C@H]3C(N(C)C)C(=O)C(C(N)=O)=C(O)[C@@]3(O)C(=O)C1=C2O. The molecule has 3 aliphatic carbocycles. The lowest BCUT2D eigenvalue weighted by Crippen LogP contribution is -2.65. The maximum atomic E-state index is 14.0. The van der Waals surface area contributed by atoms with Crippen LogP contribution in [0.4, 0.5) is 5.69 Å². The second kappa shape index (κ2) is 10.4. The van der Waals surface area contributed by atoms with Gasteiger partial charge in [-0.1, -0.05) is 0 Å². The summed E-state index contributed by atoms with van der Waals surface area (Å²) in [7, 11) is 3.24. The molecule has 1 fully saturated rings. The Morgan fingerprint density at radius 3 is 2.34 bits per heavy atom. The van der Waals surface area contributed by atoms with Crippen LogP contribution in [0.25, 0.3) is 5.76 Å². The van der Waals surface area contributed by atoms with Crippen LogP contribution in [0.2, 0.25) is 0 Å². The smallest absolute Gasteiger partial charge is 0.255 e. The summed E-state index contributed by atoms with van der Waals surface area (Å²) in [5, 5.41) is 45.5. The first-order chi connectivity index (χ1) is 18.9. The highest BCUT2D eigenvalue weighted by Crippen LogP contribution is 2.54. The van der Waals surface area contributed by atoms with Gasteiger partial charge in [-0.15, -0.1) is 0 Å². The summed E-state index contributed by atoms with van der Waals surface area (Å²) in [6.45, 7) is 0.119. The van der Waals surface area contributed by atoms with Crippen LogP contribution in [0.1, 0.15) is 29.5 Å². The Labute approximate surface area is 238 Å². The molecule has 4 rings (SSSR count). The van der Waals surface area contributed by atoms with E-state index < -0.39 is 68.1 Å². The molecule has 4 atom stereocenters. The number of aromatic hydroxyl groups is 1. The molecule has 1 saturated carbocycles. The monoisotopic (exact) mass is 592 g/mol.